The highest BCUT2D eigenvalue weighted by atomic mass is 16.6. The molecule has 0 spiro atoms. The zero-order valence-corrected chi connectivity index (χ0v) is 6.51. The number of benzene rings is 1. The zero-order chi connectivity index (χ0) is 9.42. The normalized spacial score (nSPS) is 19.3. The monoisotopic (exact) mass is 178 g/mol. The molecule has 1 aromatic carbocycles. The van der Waals surface area contributed by atoms with Crippen molar-refractivity contribution in [2.24, 2.45) is 0 Å². The van der Waals surface area contributed by atoms with Gasteiger partial charge in [-0.15, -0.1) is 0 Å². The van der Waals surface area contributed by atoms with Gasteiger partial charge in [0.15, 0.2) is 6.29 Å². The molecule has 6 heteroatoms. The molecule has 0 saturated heterocycles. The average molecular weight is 178 g/mol. The minimum absolute atomic E-state index is 0.0447. The Bertz CT molecular complexity index is 368. The molecular formula is C7H5BNO4. The van der Waals surface area contributed by atoms with Crippen molar-refractivity contribution in [2.45, 2.75) is 6.29 Å². The van der Waals surface area contributed by atoms with Crippen molar-refractivity contribution in [1.29, 1.82) is 0 Å². The second-order valence-corrected chi connectivity index (χ2v) is 2.68. The summed E-state index contributed by atoms with van der Waals surface area (Å²) >= 11 is 0. The van der Waals surface area contributed by atoms with Crippen LogP contribution in [0.15, 0.2) is 18.2 Å². The van der Waals surface area contributed by atoms with Crippen molar-refractivity contribution in [3.8, 4) is 0 Å². The van der Waals surface area contributed by atoms with Crippen LogP contribution in [0.25, 0.3) is 0 Å². The van der Waals surface area contributed by atoms with Gasteiger partial charge in [0.1, 0.15) is 0 Å². The quantitative estimate of drug-likeness (QED) is 0.369. The van der Waals surface area contributed by atoms with Crippen molar-refractivity contribution in [1.82, 2.24) is 0 Å². The molecule has 2 rings (SSSR count). The van der Waals surface area contributed by atoms with Crippen LogP contribution in [-0.4, -0.2) is 17.5 Å². The van der Waals surface area contributed by atoms with Gasteiger partial charge in [-0.3, -0.25) is 10.1 Å². The maximum Gasteiger partial charge on any atom is 0.334 e. The average Bonchev–Trinajstić information content (AvgIpc) is 2.47. The van der Waals surface area contributed by atoms with E-state index in [2.05, 4.69) is 0 Å². The molecule has 0 amide bonds. The molecule has 0 saturated carbocycles. The highest BCUT2D eigenvalue weighted by Crippen LogP contribution is 2.21. The van der Waals surface area contributed by atoms with Crippen LogP contribution in [0.2, 0.25) is 0 Å². The number of nitro benzene ring substituents is 1. The third kappa shape index (κ3) is 1.30. The summed E-state index contributed by atoms with van der Waals surface area (Å²) in [5.41, 5.74) is 1.07. The fourth-order valence-corrected chi connectivity index (χ4v) is 1.21. The van der Waals surface area contributed by atoms with Crippen LogP contribution < -0.4 is 5.46 Å². The van der Waals surface area contributed by atoms with Crippen LogP contribution in [0, 0.1) is 10.1 Å². The summed E-state index contributed by atoms with van der Waals surface area (Å²) in [5.74, 6) is 0. The lowest BCUT2D eigenvalue weighted by Gasteiger charge is -2.02. The molecule has 1 unspecified atom stereocenters. The number of aliphatic hydroxyl groups is 1. The molecule has 1 heterocycles. The minimum Gasteiger partial charge on any atom is -0.407 e. The lowest BCUT2D eigenvalue weighted by atomic mass is 9.87. The van der Waals surface area contributed by atoms with Gasteiger partial charge in [-0.25, -0.2) is 0 Å². The summed E-state index contributed by atoms with van der Waals surface area (Å²) < 4.78 is 4.77. The maximum absolute atomic E-state index is 10.4. The van der Waals surface area contributed by atoms with Gasteiger partial charge in [0, 0.05) is 17.7 Å². The second kappa shape index (κ2) is 2.83. The van der Waals surface area contributed by atoms with E-state index in [1.807, 2.05) is 0 Å². The number of rotatable bonds is 1. The van der Waals surface area contributed by atoms with Crippen LogP contribution >= 0.6 is 0 Å². The van der Waals surface area contributed by atoms with Crippen LogP contribution in [-0.2, 0) is 4.65 Å². The topological polar surface area (TPSA) is 72.6 Å². The van der Waals surface area contributed by atoms with Crippen molar-refractivity contribution < 1.29 is 14.7 Å². The van der Waals surface area contributed by atoms with E-state index in [9.17, 15) is 15.2 Å². The highest BCUT2D eigenvalue weighted by molar-refractivity contribution is 6.49. The lowest BCUT2D eigenvalue weighted by Crippen LogP contribution is -2.11. The van der Waals surface area contributed by atoms with E-state index >= 15 is 0 Å². The van der Waals surface area contributed by atoms with Crippen molar-refractivity contribution in [2.75, 3.05) is 0 Å². The van der Waals surface area contributed by atoms with Gasteiger partial charge < -0.3 is 9.76 Å². The zero-order valence-electron chi connectivity index (χ0n) is 6.51. The minimum atomic E-state index is -1.07. The van der Waals surface area contributed by atoms with Gasteiger partial charge in [0.2, 0.25) is 0 Å². The summed E-state index contributed by atoms with van der Waals surface area (Å²) in [5, 5.41) is 19.6. The standard InChI is InChI=1S/C7H5BNO4/c10-7-5-3-4(9(11)12)1-2-6(5)8-13-7/h1-3,7,10H. The molecule has 1 aliphatic heterocycles. The first-order valence-electron chi connectivity index (χ1n) is 3.63. The predicted octanol–water partition coefficient (Wildman–Crippen LogP) is -0.140. The number of hydrogen-bond donors (Lipinski definition) is 1. The Labute approximate surface area is 74.4 Å². The van der Waals surface area contributed by atoms with E-state index in [-0.39, 0.29) is 5.69 Å². The van der Waals surface area contributed by atoms with Crippen molar-refractivity contribution >= 4 is 18.6 Å². The summed E-state index contributed by atoms with van der Waals surface area (Å²) in [6.45, 7) is 0. The summed E-state index contributed by atoms with van der Waals surface area (Å²) in [6.07, 6.45) is -1.07. The first kappa shape index (κ1) is 8.21. The van der Waals surface area contributed by atoms with E-state index in [1.165, 1.54) is 19.6 Å². The molecule has 0 fully saturated rings. The second-order valence-electron chi connectivity index (χ2n) is 2.68. The molecule has 1 atom stereocenters. The maximum atomic E-state index is 10.4. The number of non-ortho nitro benzene ring substituents is 1. The summed E-state index contributed by atoms with van der Waals surface area (Å²) in [6, 6.07) is 4.23. The van der Waals surface area contributed by atoms with Crippen LogP contribution in [0.1, 0.15) is 11.9 Å². The predicted molar refractivity (Wildman–Crippen MR) is 44.5 cm³/mol. The van der Waals surface area contributed by atoms with Crippen molar-refractivity contribution in [3.05, 3.63) is 33.9 Å². The number of aliphatic hydroxyl groups excluding tert-OH is 1. The molecule has 13 heavy (non-hydrogen) atoms. The van der Waals surface area contributed by atoms with E-state index < -0.39 is 11.2 Å². The van der Waals surface area contributed by atoms with E-state index in [0.717, 1.165) is 0 Å². The Morgan fingerprint density at radius 2 is 2.38 bits per heavy atom. The van der Waals surface area contributed by atoms with Gasteiger partial charge in [0.25, 0.3) is 5.69 Å². The smallest absolute Gasteiger partial charge is 0.334 e. The Kier molecular flexibility index (Phi) is 1.79. The van der Waals surface area contributed by atoms with Crippen LogP contribution in [0.4, 0.5) is 5.69 Å². The summed E-state index contributed by atoms with van der Waals surface area (Å²) in [7, 11) is 1.38. The van der Waals surface area contributed by atoms with Crippen LogP contribution in [0.5, 0.6) is 0 Å². The van der Waals surface area contributed by atoms with Gasteiger partial charge in [-0.05, 0) is 5.46 Å². The fourth-order valence-electron chi connectivity index (χ4n) is 1.21. The fraction of sp³-hybridized carbons (Fsp3) is 0.143. The molecule has 1 radical (unpaired) electrons. The first-order valence-corrected chi connectivity index (χ1v) is 3.63. The number of nitrogens with zero attached hydrogens (tertiary/aromatic N) is 1. The molecule has 1 N–H and O–H groups in total. The Balaban J connectivity index is 2.47. The molecule has 0 bridgehead atoms. The first-order chi connectivity index (χ1) is 6.18. The molecule has 1 aromatic rings. The SMILES string of the molecule is O=[N+]([O-])c1ccc2c(c1)C(O)O[B]2. The number of fused-ring (bicyclic) bond motifs is 1. The van der Waals surface area contributed by atoms with Gasteiger partial charge in [-0.1, -0.05) is 6.07 Å². The van der Waals surface area contributed by atoms with Gasteiger partial charge in [0.05, 0.1) is 4.92 Å². The third-order valence-corrected chi connectivity index (χ3v) is 1.87. The van der Waals surface area contributed by atoms with Crippen molar-refractivity contribution in [3.63, 3.8) is 0 Å². The molecule has 1 aliphatic rings. The van der Waals surface area contributed by atoms with E-state index in [1.54, 1.807) is 6.07 Å². The highest BCUT2D eigenvalue weighted by Gasteiger charge is 2.24. The summed E-state index contributed by atoms with van der Waals surface area (Å²) in [4.78, 5) is 9.87. The molecule has 0 aromatic heterocycles. The Morgan fingerprint density at radius 3 is 3.08 bits per heavy atom. The van der Waals surface area contributed by atoms with Gasteiger partial charge >= 0.3 is 7.48 Å². The largest absolute Gasteiger partial charge is 0.407 e. The number of nitro groups is 1. The molecular weight excluding hydrogens is 173 g/mol. The van der Waals surface area contributed by atoms with E-state index in [4.69, 9.17) is 4.65 Å². The Morgan fingerprint density at radius 1 is 1.62 bits per heavy atom. The van der Waals surface area contributed by atoms with Gasteiger partial charge in [-0.2, -0.15) is 0 Å². The third-order valence-electron chi connectivity index (χ3n) is 1.87. The molecule has 65 valence electrons. The number of hydrogen-bond acceptors (Lipinski definition) is 4. The van der Waals surface area contributed by atoms with E-state index in [0.29, 0.717) is 11.0 Å². The lowest BCUT2D eigenvalue weighted by molar-refractivity contribution is -0.385. The Hall–Kier alpha value is -1.40. The van der Waals surface area contributed by atoms with Crippen LogP contribution in [0.3, 0.4) is 0 Å². The molecule has 0 aliphatic carbocycles. The molecule has 5 nitrogen and oxygen atoms in total.